The van der Waals surface area contributed by atoms with Crippen LogP contribution in [-0.4, -0.2) is 0 Å². The van der Waals surface area contributed by atoms with Gasteiger partial charge in [-0.05, 0) is 69.6 Å². The van der Waals surface area contributed by atoms with E-state index in [0.29, 0.717) is 5.92 Å². The molecule has 0 saturated heterocycles. The molecule has 2 unspecified atom stereocenters. The van der Waals surface area contributed by atoms with E-state index in [4.69, 9.17) is 5.73 Å². The van der Waals surface area contributed by atoms with Crippen LogP contribution in [0.3, 0.4) is 0 Å². The van der Waals surface area contributed by atoms with E-state index in [9.17, 15) is 0 Å². The maximum absolute atomic E-state index is 7.10. The highest BCUT2D eigenvalue weighted by Crippen LogP contribution is 2.43. The lowest BCUT2D eigenvalue weighted by Crippen LogP contribution is -2.45. The van der Waals surface area contributed by atoms with Crippen molar-refractivity contribution in [3.63, 3.8) is 0 Å². The van der Waals surface area contributed by atoms with Crippen LogP contribution in [-0.2, 0) is 18.4 Å². The topological polar surface area (TPSA) is 26.0 Å². The fraction of sp³-hybridized carbons (Fsp3) is 0.520. The zero-order valence-corrected chi connectivity index (χ0v) is 17.3. The van der Waals surface area contributed by atoms with E-state index in [1.54, 1.807) is 0 Å². The molecular formula is C25H37N. The highest BCUT2D eigenvalue weighted by Gasteiger charge is 2.39. The first kappa shape index (κ1) is 20.7. The Labute approximate surface area is 161 Å². The van der Waals surface area contributed by atoms with Gasteiger partial charge in [0.05, 0.1) is 5.54 Å². The monoisotopic (exact) mass is 351 g/mol. The van der Waals surface area contributed by atoms with Crippen molar-refractivity contribution in [1.29, 1.82) is 0 Å². The molecule has 1 aromatic rings. The Kier molecular flexibility index (Phi) is 7.06. The zero-order chi connectivity index (χ0) is 19.3. The van der Waals surface area contributed by atoms with Gasteiger partial charge in [-0.2, -0.15) is 0 Å². The molecule has 1 nitrogen and oxygen atoms in total. The van der Waals surface area contributed by atoms with Crippen molar-refractivity contribution in [3.05, 3.63) is 70.8 Å². The lowest BCUT2D eigenvalue weighted by atomic mass is 9.67. The van der Waals surface area contributed by atoms with Gasteiger partial charge in [-0.25, -0.2) is 0 Å². The maximum atomic E-state index is 7.10. The van der Waals surface area contributed by atoms with Gasteiger partial charge < -0.3 is 5.73 Å². The van der Waals surface area contributed by atoms with Crippen molar-refractivity contribution in [2.75, 3.05) is 0 Å². The van der Waals surface area contributed by atoms with Crippen molar-refractivity contribution in [3.8, 4) is 0 Å². The Balaban J connectivity index is 2.49. The van der Waals surface area contributed by atoms with Crippen LogP contribution in [0.2, 0.25) is 0 Å². The molecule has 142 valence electrons. The van der Waals surface area contributed by atoms with Crippen molar-refractivity contribution < 1.29 is 0 Å². The second kappa shape index (κ2) is 8.86. The Hall–Kier alpha value is -1.60. The van der Waals surface area contributed by atoms with E-state index in [1.165, 1.54) is 52.7 Å². The van der Waals surface area contributed by atoms with Crippen LogP contribution < -0.4 is 5.73 Å². The second-order valence-corrected chi connectivity index (χ2v) is 8.44. The second-order valence-electron chi connectivity index (χ2n) is 8.44. The van der Waals surface area contributed by atoms with E-state index in [-0.39, 0.29) is 0 Å². The smallest absolute Gasteiger partial charge is 0.0666 e. The van der Waals surface area contributed by atoms with Crippen LogP contribution in [0.25, 0.3) is 0 Å². The molecule has 1 aliphatic carbocycles. The molecule has 0 radical (unpaired) electrons. The number of nitrogens with two attached hydrogens (primary N) is 1. The number of aryl methyl sites for hydroxylation is 1. The quantitative estimate of drug-likeness (QED) is 0.413. The van der Waals surface area contributed by atoms with Gasteiger partial charge in [0.15, 0.2) is 0 Å². The summed E-state index contributed by atoms with van der Waals surface area (Å²) < 4.78 is 0. The fourth-order valence-electron chi connectivity index (χ4n) is 4.39. The van der Waals surface area contributed by atoms with E-state index in [0.717, 1.165) is 25.7 Å². The third kappa shape index (κ3) is 4.76. The van der Waals surface area contributed by atoms with E-state index < -0.39 is 5.54 Å². The normalized spacial score (nSPS) is 22.8. The SMILES string of the molecule is C=C(C)Cc1cc(CCCCC)ccc1C1(N)C=C(C)CCC1C(=C)C. The summed E-state index contributed by atoms with van der Waals surface area (Å²) in [6.45, 7) is 17.1. The van der Waals surface area contributed by atoms with Crippen molar-refractivity contribution in [2.24, 2.45) is 11.7 Å². The first-order valence-corrected chi connectivity index (χ1v) is 10.2. The summed E-state index contributed by atoms with van der Waals surface area (Å²) in [5.41, 5.74) is 14.4. The molecule has 0 saturated carbocycles. The van der Waals surface area contributed by atoms with E-state index >= 15 is 0 Å². The molecule has 2 rings (SSSR count). The minimum Gasteiger partial charge on any atom is -0.318 e. The Morgan fingerprint density at radius 3 is 2.58 bits per heavy atom. The number of hydrogen-bond acceptors (Lipinski definition) is 1. The number of allylic oxidation sites excluding steroid dienone is 2. The maximum Gasteiger partial charge on any atom is 0.0666 e. The Morgan fingerprint density at radius 2 is 1.96 bits per heavy atom. The van der Waals surface area contributed by atoms with Crippen molar-refractivity contribution in [1.82, 2.24) is 0 Å². The Bertz CT molecular complexity index is 694. The van der Waals surface area contributed by atoms with Crippen molar-refractivity contribution >= 4 is 0 Å². The predicted molar refractivity (Wildman–Crippen MR) is 115 cm³/mol. The molecule has 1 aromatic carbocycles. The Morgan fingerprint density at radius 1 is 1.23 bits per heavy atom. The van der Waals surface area contributed by atoms with Gasteiger partial charge in [-0.3, -0.25) is 0 Å². The van der Waals surface area contributed by atoms with Gasteiger partial charge in [0, 0.05) is 5.92 Å². The molecule has 26 heavy (non-hydrogen) atoms. The third-order valence-electron chi connectivity index (χ3n) is 5.68. The summed E-state index contributed by atoms with van der Waals surface area (Å²) in [7, 11) is 0. The predicted octanol–water partition coefficient (Wildman–Crippen LogP) is 6.62. The lowest BCUT2D eigenvalue weighted by Gasteiger charge is -2.41. The molecule has 0 heterocycles. The van der Waals surface area contributed by atoms with Gasteiger partial charge >= 0.3 is 0 Å². The molecule has 2 N–H and O–H groups in total. The minimum absolute atomic E-state index is 0.293. The van der Waals surface area contributed by atoms with Gasteiger partial charge in [0.25, 0.3) is 0 Å². The van der Waals surface area contributed by atoms with Crippen LogP contribution in [0, 0.1) is 5.92 Å². The summed E-state index contributed by atoms with van der Waals surface area (Å²) in [6, 6.07) is 6.95. The van der Waals surface area contributed by atoms with Gasteiger partial charge in [0.2, 0.25) is 0 Å². The standard InChI is InChI=1S/C25H37N/c1-7-8-9-10-21-12-14-24(22(16-21)15-18(2)3)25(26)17-20(6)11-13-23(25)19(4)5/h12,14,16-17,23H,2,4,7-11,13,15,26H2,1,3,5-6H3. The first-order valence-electron chi connectivity index (χ1n) is 10.2. The molecule has 0 fully saturated rings. The fourth-order valence-corrected chi connectivity index (χ4v) is 4.39. The molecule has 1 aliphatic rings. The molecule has 0 amide bonds. The summed E-state index contributed by atoms with van der Waals surface area (Å²) in [5, 5.41) is 0. The zero-order valence-electron chi connectivity index (χ0n) is 17.3. The van der Waals surface area contributed by atoms with Gasteiger partial charge in [0.1, 0.15) is 0 Å². The highest BCUT2D eigenvalue weighted by atomic mass is 14.8. The molecule has 1 heteroatoms. The molecule has 0 bridgehead atoms. The van der Waals surface area contributed by atoms with Crippen LogP contribution in [0.4, 0.5) is 0 Å². The van der Waals surface area contributed by atoms with Gasteiger partial charge in [-0.15, -0.1) is 0 Å². The lowest BCUT2D eigenvalue weighted by molar-refractivity contribution is 0.344. The molecule has 0 aromatic heterocycles. The first-order chi connectivity index (χ1) is 12.3. The molecular weight excluding hydrogens is 314 g/mol. The van der Waals surface area contributed by atoms with E-state index in [1.807, 2.05) is 0 Å². The van der Waals surface area contributed by atoms with Crippen LogP contribution >= 0.6 is 0 Å². The summed E-state index contributed by atoms with van der Waals surface area (Å²) in [6.07, 6.45) is 10.3. The summed E-state index contributed by atoms with van der Waals surface area (Å²) in [5.74, 6) is 0.293. The number of unbranched alkanes of at least 4 members (excludes halogenated alkanes) is 2. The molecule has 2 atom stereocenters. The van der Waals surface area contributed by atoms with Crippen molar-refractivity contribution in [2.45, 2.75) is 78.2 Å². The van der Waals surface area contributed by atoms with Crippen LogP contribution in [0.5, 0.6) is 0 Å². The van der Waals surface area contributed by atoms with Crippen LogP contribution in [0.15, 0.2) is 54.2 Å². The summed E-state index contributed by atoms with van der Waals surface area (Å²) >= 11 is 0. The number of hydrogen-bond donors (Lipinski definition) is 1. The summed E-state index contributed by atoms with van der Waals surface area (Å²) in [4.78, 5) is 0. The number of benzene rings is 1. The average Bonchev–Trinajstić information content (AvgIpc) is 2.54. The number of rotatable bonds is 8. The largest absolute Gasteiger partial charge is 0.318 e. The minimum atomic E-state index is -0.457. The van der Waals surface area contributed by atoms with E-state index in [2.05, 4.69) is 65.1 Å². The molecule has 0 aliphatic heterocycles. The molecule has 0 spiro atoms. The van der Waals surface area contributed by atoms with Crippen LogP contribution in [0.1, 0.15) is 76.5 Å². The van der Waals surface area contributed by atoms with Gasteiger partial charge in [-0.1, -0.05) is 73.9 Å². The average molecular weight is 352 g/mol. The third-order valence-corrected chi connectivity index (χ3v) is 5.68. The highest BCUT2D eigenvalue weighted by molar-refractivity contribution is 5.45.